The van der Waals surface area contributed by atoms with E-state index in [0.29, 0.717) is 30.1 Å². The fourth-order valence-electron chi connectivity index (χ4n) is 2.76. The van der Waals surface area contributed by atoms with Crippen molar-refractivity contribution in [2.45, 2.75) is 32.9 Å². The Labute approximate surface area is 176 Å². The Hall–Kier alpha value is -3.85. The zero-order valence-corrected chi connectivity index (χ0v) is 17.1. The van der Waals surface area contributed by atoms with Gasteiger partial charge in [-0.3, -0.25) is 4.79 Å². The van der Waals surface area contributed by atoms with Crippen LogP contribution in [0.4, 0.5) is 11.5 Å². The third-order valence-electron chi connectivity index (χ3n) is 4.50. The summed E-state index contributed by atoms with van der Waals surface area (Å²) in [5, 5.41) is 15.1. The Kier molecular flexibility index (Phi) is 7.01. The maximum Gasteiger partial charge on any atom is 0.257 e. The van der Waals surface area contributed by atoms with Crippen molar-refractivity contribution in [2.75, 3.05) is 10.6 Å². The van der Waals surface area contributed by atoms with Crippen LogP contribution in [0.5, 0.6) is 5.75 Å². The first kappa shape index (κ1) is 20.9. The van der Waals surface area contributed by atoms with Crippen LogP contribution in [-0.2, 0) is 6.54 Å². The van der Waals surface area contributed by atoms with Gasteiger partial charge in [-0.1, -0.05) is 36.8 Å². The number of nitriles is 1. The molecule has 6 nitrogen and oxygen atoms in total. The molecule has 2 aromatic carbocycles. The smallest absolute Gasteiger partial charge is 0.257 e. The molecule has 0 fully saturated rings. The molecule has 1 heterocycles. The van der Waals surface area contributed by atoms with Gasteiger partial charge in [0.25, 0.3) is 5.91 Å². The molecule has 3 rings (SSSR count). The molecule has 1 unspecified atom stereocenters. The highest BCUT2D eigenvalue weighted by molar-refractivity contribution is 6.04. The van der Waals surface area contributed by atoms with E-state index in [1.165, 1.54) is 0 Å². The fraction of sp³-hybridized carbons (Fsp3) is 0.208. The molecule has 0 spiro atoms. The molecule has 0 saturated heterocycles. The third-order valence-corrected chi connectivity index (χ3v) is 4.50. The highest BCUT2D eigenvalue weighted by Crippen LogP contribution is 2.17. The molecule has 0 bridgehead atoms. The first-order valence-electron chi connectivity index (χ1n) is 9.80. The van der Waals surface area contributed by atoms with Crippen molar-refractivity contribution in [1.82, 2.24) is 4.98 Å². The van der Waals surface area contributed by atoms with Crippen LogP contribution in [0.3, 0.4) is 0 Å². The zero-order valence-electron chi connectivity index (χ0n) is 17.1. The van der Waals surface area contributed by atoms with Crippen LogP contribution in [0.1, 0.15) is 34.8 Å². The minimum Gasteiger partial charge on any atom is -0.476 e. The van der Waals surface area contributed by atoms with Crippen LogP contribution in [0.15, 0.2) is 66.9 Å². The molecule has 0 saturated carbocycles. The Morgan fingerprint density at radius 1 is 1.17 bits per heavy atom. The molecule has 3 aromatic rings. The summed E-state index contributed by atoms with van der Waals surface area (Å²) in [4.78, 5) is 16.7. The number of anilines is 2. The monoisotopic (exact) mass is 400 g/mol. The summed E-state index contributed by atoms with van der Waals surface area (Å²) in [5.41, 5.74) is 3.37. The van der Waals surface area contributed by atoms with E-state index < -0.39 is 6.10 Å². The van der Waals surface area contributed by atoms with Gasteiger partial charge in [-0.05, 0) is 55.3 Å². The van der Waals surface area contributed by atoms with Crippen LogP contribution in [0.2, 0.25) is 0 Å². The Morgan fingerprint density at radius 3 is 2.63 bits per heavy atom. The van der Waals surface area contributed by atoms with Gasteiger partial charge in [-0.2, -0.15) is 5.26 Å². The molecule has 0 aliphatic carbocycles. The molecule has 152 valence electrons. The lowest BCUT2D eigenvalue weighted by molar-refractivity contribution is 0.102. The van der Waals surface area contributed by atoms with Gasteiger partial charge in [0, 0.05) is 18.4 Å². The average Bonchev–Trinajstić information content (AvgIpc) is 2.78. The quantitative estimate of drug-likeness (QED) is 0.559. The van der Waals surface area contributed by atoms with Crippen LogP contribution in [-0.4, -0.2) is 17.0 Å². The van der Waals surface area contributed by atoms with Crippen molar-refractivity contribution >= 4 is 17.4 Å². The van der Waals surface area contributed by atoms with Crippen molar-refractivity contribution in [3.63, 3.8) is 0 Å². The summed E-state index contributed by atoms with van der Waals surface area (Å²) >= 11 is 0. The van der Waals surface area contributed by atoms with Crippen molar-refractivity contribution in [2.24, 2.45) is 0 Å². The highest BCUT2D eigenvalue weighted by atomic mass is 16.5. The highest BCUT2D eigenvalue weighted by Gasteiger charge is 2.08. The molecule has 6 heteroatoms. The molecule has 1 atom stereocenters. The zero-order chi connectivity index (χ0) is 21.3. The van der Waals surface area contributed by atoms with Gasteiger partial charge in [0.05, 0.1) is 5.56 Å². The summed E-state index contributed by atoms with van der Waals surface area (Å²) in [6.07, 6.45) is 1.73. The van der Waals surface area contributed by atoms with E-state index in [-0.39, 0.29) is 5.91 Å². The minimum atomic E-state index is -0.450. The van der Waals surface area contributed by atoms with Crippen LogP contribution >= 0.6 is 0 Å². The summed E-state index contributed by atoms with van der Waals surface area (Å²) < 4.78 is 5.65. The minimum absolute atomic E-state index is 0.203. The van der Waals surface area contributed by atoms with Crippen LogP contribution < -0.4 is 15.4 Å². The lowest BCUT2D eigenvalue weighted by atomic mass is 10.2. The molecule has 1 amide bonds. The van der Waals surface area contributed by atoms with Gasteiger partial charge in [-0.25, -0.2) is 4.98 Å². The Balaban J connectivity index is 1.56. The number of carbonyl (C=O) groups is 1. The van der Waals surface area contributed by atoms with E-state index in [1.54, 1.807) is 18.3 Å². The van der Waals surface area contributed by atoms with Gasteiger partial charge in [0.2, 0.25) is 0 Å². The first-order valence-corrected chi connectivity index (χ1v) is 9.80. The van der Waals surface area contributed by atoms with Crippen molar-refractivity contribution in [3.05, 3.63) is 83.6 Å². The van der Waals surface area contributed by atoms with Crippen LogP contribution in [0.25, 0.3) is 0 Å². The number of benzene rings is 2. The number of aromatic nitrogens is 1. The summed E-state index contributed by atoms with van der Waals surface area (Å²) in [6.45, 7) is 4.46. The fourth-order valence-corrected chi connectivity index (χ4v) is 2.76. The van der Waals surface area contributed by atoms with E-state index in [0.717, 1.165) is 16.8 Å². The van der Waals surface area contributed by atoms with Crippen molar-refractivity contribution in [3.8, 4) is 11.8 Å². The van der Waals surface area contributed by atoms with Gasteiger partial charge in [-0.15, -0.1) is 0 Å². The second kappa shape index (κ2) is 10.1. The number of hydrogen-bond donors (Lipinski definition) is 2. The second-order valence-electron chi connectivity index (χ2n) is 6.90. The Bertz CT molecular complexity index is 1020. The van der Waals surface area contributed by atoms with Gasteiger partial charge < -0.3 is 15.4 Å². The number of ether oxygens (including phenoxy) is 1. The van der Waals surface area contributed by atoms with Crippen molar-refractivity contribution < 1.29 is 9.53 Å². The number of nitrogens with zero attached hydrogens (tertiary/aromatic N) is 2. The maximum atomic E-state index is 12.4. The number of aryl methyl sites for hydroxylation is 1. The summed E-state index contributed by atoms with van der Waals surface area (Å²) in [6, 6.07) is 20.9. The summed E-state index contributed by atoms with van der Waals surface area (Å²) in [5.74, 6) is 1.13. The number of rotatable bonds is 8. The van der Waals surface area contributed by atoms with E-state index in [1.807, 2.05) is 62.4 Å². The third kappa shape index (κ3) is 5.82. The molecular weight excluding hydrogens is 376 g/mol. The Morgan fingerprint density at radius 2 is 1.97 bits per heavy atom. The predicted octanol–water partition coefficient (Wildman–Crippen LogP) is 4.94. The average molecular weight is 400 g/mol. The van der Waals surface area contributed by atoms with Gasteiger partial charge in [0.1, 0.15) is 17.6 Å². The van der Waals surface area contributed by atoms with Crippen molar-refractivity contribution in [1.29, 1.82) is 5.26 Å². The second-order valence-corrected chi connectivity index (χ2v) is 6.90. The van der Waals surface area contributed by atoms with E-state index in [2.05, 4.69) is 21.7 Å². The molecule has 0 aliphatic heterocycles. The lowest BCUT2D eigenvalue weighted by Gasteiger charge is -2.12. The summed E-state index contributed by atoms with van der Waals surface area (Å²) in [7, 11) is 0. The van der Waals surface area contributed by atoms with E-state index in [4.69, 9.17) is 10.00 Å². The number of carbonyl (C=O) groups excluding carboxylic acids is 1. The molecule has 2 N–H and O–H groups in total. The SMILES string of the molecule is CCC(C#N)Oc1cccc(CNc2ccc(C(=O)Nc3ccc(C)cc3)cn2)c1. The van der Waals surface area contributed by atoms with Gasteiger partial charge >= 0.3 is 0 Å². The molecular formula is C24H24N4O2. The molecule has 0 radical (unpaired) electrons. The number of hydrogen-bond acceptors (Lipinski definition) is 5. The topological polar surface area (TPSA) is 87.0 Å². The molecule has 0 aliphatic rings. The number of pyridine rings is 1. The molecule has 30 heavy (non-hydrogen) atoms. The maximum absolute atomic E-state index is 12.4. The van der Waals surface area contributed by atoms with E-state index in [9.17, 15) is 4.79 Å². The van der Waals surface area contributed by atoms with Crippen LogP contribution in [0, 0.1) is 18.3 Å². The predicted molar refractivity (Wildman–Crippen MR) is 117 cm³/mol. The lowest BCUT2D eigenvalue weighted by Crippen LogP contribution is -2.13. The largest absolute Gasteiger partial charge is 0.476 e. The van der Waals surface area contributed by atoms with E-state index >= 15 is 0 Å². The number of amides is 1. The van der Waals surface area contributed by atoms with Gasteiger partial charge in [0.15, 0.2) is 6.10 Å². The first-order chi connectivity index (χ1) is 14.6. The standard InChI is InChI=1S/C24H24N4O2/c1-3-21(14-25)30-22-6-4-5-18(13-22)15-26-23-12-9-19(16-27-23)24(29)28-20-10-7-17(2)8-11-20/h4-13,16,21H,3,15H2,1-2H3,(H,26,27)(H,28,29). The normalized spacial score (nSPS) is 11.2. The molecule has 1 aromatic heterocycles. The number of nitrogens with one attached hydrogen (secondary N) is 2.